The van der Waals surface area contributed by atoms with Crippen LogP contribution in [-0.4, -0.2) is 96.7 Å². The summed E-state index contributed by atoms with van der Waals surface area (Å²) in [5, 5.41) is 10.6. The molecule has 0 fully saturated rings. The second-order valence-corrected chi connectivity index (χ2v) is 31.8. The van der Waals surface area contributed by atoms with Crippen molar-refractivity contribution in [3.05, 3.63) is 0 Å². The fraction of sp³-hybridized carbons (Fsp3) is 0.949. The molecule has 0 aliphatic rings. The lowest BCUT2D eigenvalue weighted by Gasteiger charge is -2.21. The monoisotopic (exact) mass is 1440 g/mol. The molecule has 0 aliphatic carbocycles. The van der Waals surface area contributed by atoms with Gasteiger partial charge in [0.2, 0.25) is 0 Å². The summed E-state index contributed by atoms with van der Waals surface area (Å²) in [6.45, 7) is 7.30. The molecule has 0 spiro atoms. The topological polar surface area (TPSA) is 237 Å². The highest BCUT2D eigenvalue weighted by atomic mass is 31.2. The lowest BCUT2D eigenvalue weighted by Crippen LogP contribution is -2.30. The van der Waals surface area contributed by atoms with Gasteiger partial charge < -0.3 is 33.8 Å². The minimum absolute atomic E-state index is 0.107. The van der Waals surface area contributed by atoms with Crippen LogP contribution in [-0.2, 0) is 65.4 Å². The molecule has 2 unspecified atom stereocenters. The van der Waals surface area contributed by atoms with Gasteiger partial charge in [-0.15, -0.1) is 0 Å². The van der Waals surface area contributed by atoms with Crippen LogP contribution < -0.4 is 0 Å². The highest BCUT2D eigenvalue weighted by Crippen LogP contribution is 2.45. The van der Waals surface area contributed by atoms with Gasteiger partial charge in [0, 0.05) is 25.7 Å². The Bertz CT molecular complexity index is 1870. The van der Waals surface area contributed by atoms with E-state index in [1.165, 1.54) is 238 Å². The zero-order valence-corrected chi connectivity index (χ0v) is 65.7. The predicted molar refractivity (Wildman–Crippen MR) is 400 cm³/mol. The smallest absolute Gasteiger partial charge is 0.462 e. The third-order valence-corrected chi connectivity index (χ3v) is 20.4. The van der Waals surface area contributed by atoms with E-state index in [0.29, 0.717) is 25.7 Å². The zero-order valence-electron chi connectivity index (χ0n) is 63.9. The van der Waals surface area contributed by atoms with Crippen molar-refractivity contribution in [2.45, 2.75) is 438 Å². The Morgan fingerprint density at radius 2 is 0.469 bits per heavy atom. The van der Waals surface area contributed by atoms with E-state index >= 15 is 0 Å². The number of aliphatic hydroxyl groups excluding tert-OH is 1. The molecular weight excluding hydrogens is 1280 g/mol. The molecule has 0 amide bonds. The molecule has 0 heterocycles. The van der Waals surface area contributed by atoms with Crippen LogP contribution in [0.5, 0.6) is 0 Å². The first kappa shape index (κ1) is 96.1. The maximum Gasteiger partial charge on any atom is 0.472 e. The van der Waals surface area contributed by atoms with Crippen molar-refractivity contribution in [2.75, 3.05) is 39.6 Å². The summed E-state index contributed by atoms with van der Waals surface area (Å²) in [5.41, 5.74) is 0. The van der Waals surface area contributed by atoms with Gasteiger partial charge in [0.05, 0.1) is 26.4 Å². The molecule has 0 saturated carbocycles. The normalized spacial score (nSPS) is 13.9. The average Bonchev–Trinajstić information content (AvgIpc) is 0.976. The number of ether oxygens (including phenoxy) is 4. The van der Waals surface area contributed by atoms with E-state index in [1.807, 2.05) is 0 Å². The Morgan fingerprint density at radius 3 is 0.694 bits per heavy atom. The van der Waals surface area contributed by atoms with Gasteiger partial charge in [0.15, 0.2) is 12.2 Å². The molecule has 0 aromatic heterocycles. The van der Waals surface area contributed by atoms with E-state index in [1.54, 1.807) is 0 Å². The molecule has 98 heavy (non-hydrogen) atoms. The minimum atomic E-state index is -4.96. The minimum Gasteiger partial charge on any atom is -0.462 e. The molecule has 0 radical (unpaired) electrons. The number of esters is 4. The Balaban J connectivity index is 5.15. The lowest BCUT2D eigenvalue weighted by atomic mass is 10.0. The van der Waals surface area contributed by atoms with Crippen molar-refractivity contribution >= 4 is 39.5 Å². The molecule has 582 valence electrons. The second kappa shape index (κ2) is 72.0. The van der Waals surface area contributed by atoms with E-state index in [4.69, 9.17) is 37.0 Å². The van der Waals surface area contributed by atoms with Crippen LogP contribution in [0.1, 0.15) is 420 Å². The SMILES string of the molecule is CCCCCCCCCCCCCCCCCCCCCCCCC(=O)O[C@H](COC(=O)CCCCCCCCCCCCCCCCCC(C)C)COP(=O)(O)OC[C@@H](O)COP(=O)(O)OC[C@@H](COC(=O)CCCCCCCCCC)OC(=O)CCCCCCCCCCCC. The number of hydrogen-bond donors (Lipinski definition) is 3. The van der Waals surface area contributed by atoms with Crippen LogP contribution in [0.3, 0.4) is 0 Å². The molecule has 0 bridgehead atoms. The fourth-order valence-corrected chi connectivity index (χ4v) is 13.8. The van der Waals surface area contributed by atoms with Gasteiger partial charge in [0.25, 0.3) is 0 Å². The Morgan fingerprint density at radius 1 is 0.276 bits per heavy atom. The number of rotatable bonds is 79. The van der Waals surface area contributed by atoms with Crippen molar-refractivity contribution in [2.24, 2.45) is 5.92 Å². The molecule has 0 rings (SSSR count). The maximum atomic E-state index is 13.1. The van der Waals surface area contributed by atoms with Gasteiger partial charge >= 0.3 is 39.5 Å². The standard InChI is InChI=1S/C79H154O17P2/c1-6-9-12-15-18-21-23-24-25-26-27-28-29-30-31-34-38-41-45-50-55-60-65-79(84)96-75(69-90-77(82)63-58-53-48-44-40-37-35-32-33-36-39-42-46-51-56-61-72(4)5)71-94-98(87,88)92-67-73(80)66-91-97(85,86)93-70-74(68-89-76(81)62-57-52-47-20-17-14-11-8-3)95-78(83)64-59-54-49-43-22-19-16-13-10-7-2/h72-75,80H,6-71H2,1-5H3,(H,85,86)(H,87,88)/t73-,74+,75+/m0/s1. The first-order chi connectivity index (χ1) is 47.5. The van der Waals surface area contributed by atoms with Crippen LogP contribution >= 0.6 is 15.6 Å². The number of unbranched alkanes of at least 4 members (excludes halogenated alkanes) is 51. The Labute approximate surface area is 600 Å². The van der Waals surface area contributed by atoms with Gasteiger partial charge in [-0.25, -0.2) is 9.13 Å². The van der Waals surface area contributed by atoms with E-state index in [2.05, 4.69) is 34.6 Å². The van der Waals surface area contributed by atoms with Gasteiger partial charge in [-0.1, -0.05) is 369 Å². The molecule has 19 heteroatoms. The summed E-state index contributed by atoms with van der Waals surface area (Å²) in [5.74, 6) is -1.31. The lowest BCUT2D eigenvalue weighted by molar-refractivity contribution is -0.161. The molecule has 0 saturated heterocycles. The van der Waals surface area contributed by atoms with Crippen LogP contribution in [0.2, 0.25) is 0 Å². The fourth-order valence-electron chi connectivity index (χ4n) is 12.2. The summed E-state index contributed by atoms with van der Waals surface area (Å²) in [7, 11) is -9.91. The third-order valence-electron chi connectivity index (χ3n) is 18.5. The first-order valence-corrected chi connectivity index (χ1v) is 44.1. The zero-order chi connectivity index (χ0) is 71.9. The maximum absolute atomic E-state index is 13.1. The summed E-state index contributed by atoms with van der Waals surface area (Å²) in [6, 6.07) is 0. The Hall–Kier alpha value is -1.94. The van der Waals surface area contributed by atoms with Gasteiger partial charge in [-0.05, 0) is 31.6 Å². The van der Waals surface area contributed by atoms with Gasteiger partial charge in [-0.2, -0.15) is 0 Å². The number of phosphoric acid groups is 2. The van der Waals surface area contributed by atoms with Crippen LogP contribution in [0.4, 0.5) is 0 Å². The molecule has 0 aromatic rings. The molecule has 0 aromatic carbocycles. The highest BCUT2D eigenvalue weighted by molar-refractivity contribution is 7.47. The van der Waals surface area contributed by atoms with Crippen molar-refractivity contribution in [1.29, 1.82) is 0 Å². The van der Waals surface area contributed by atoms with Crippen molar-refractivity contribution in [3.8, 4) is 0 Å². The predicted octanol–water partition coefficient (Wildman–Crippen LogP) is 23.6. The molecule has 3 N–H and O–H groups in total. The van der Waals surface area contributed by atoms with Crippen molar-refractivity contribution in [1.82, 2.24) is 0 Å². The Kier molecular flexibility index (Phi) is 70.6. The second-order valence-electron chi connectivity index (χ2n) is 28.9. The number of aliphatic hydroxyl groups is 1. The average molecular weight is 1440 g/mol. The van der Waals surface area contributed by atoms with E-state index < -0.39 is 97.5 Å². The quantitative estimate of drug-likeness (QED) is 0.0222. The number of hydrogen-bond acceptors (Lipinski definition) is 15. The third kappa shape index (κ3) is 72.4. The van der Waals surface area contributed by atoms with E-state index in [9.17, 15) is 43.2 Å². The van der Waals surface area contributed by atoms with Crippen LogP contribution in [0.15, 0.2) is 0 Å². The highest BCUT2D eigenvalue weighted by Gasteiger charge is 2.30. The van der Waals surface area contributed by atoms with Crippen molar-refractivity contribution < 1.29 is 80.2 Å². The molecular formula is C79H154O17P2. The van der Waals surface area contributed by atoms with Gasteiger partial charge in [0.1, 0.15) is 19.3 Å². The van der Waals surface area contributed by atoms with Gasteiger partial charge in [-0.3, -0.25) is 37.3 Å². The molecule has 5 atom stereocenters. The van der Waals surface area contributed by atoms with E-state index in [-0.39, 0.29) is 25.7 Å². The van der Waals surface area contributed by atoms with Crippen molar-refractivity contribution in [3.63, 3.8) is 0 Å². The molecule has 0 aliphatic heterocycles. The number of carbonyl (C=O) groups excluding carboxylic acids is 4. The number of phosphoric ester groups is 2. The largest absolute Gasteiger partial charge is 0.472 e. The molecule has 17 nitrogen and oxygen atoms in total. The first-order valence-electron chi connectivity index (χ1n) is 41.1. The van der Waals surface area contributed by atoms with Crippen LogP contribution in [0, 0.1) is 5.92 Å². The summed E-state index contributed by atoms with van der Waals surface area (Å²) in [4.78, 5) is 72.7. The summed E-state index contributed by atoms with van der Waals surface area (Å²) < 4.78 is 68.5. The number of carbonyl (C=O) groups is 4. The van der Waals surface area contributed by atoms with E-state index in [0.717, 1.165) is 102 Å². The summed E-state index contributed by atoms with van der Waals surface area (Å²) in [6.07, 6.45) is 62.7. The summed E-state index contributed by atoms with van der Waals surface area (Å²) >= 11 is 0. The van der Waals surface area contributed by atoms with Crippen LogP contribution in [0.25, 0.3) is 0 Å².